The molecule has 0 saturated heterocycles. The minimum atomic E-state index is 0.130. The second kappa shape index (κ2) is 4.42. The fraction of sp³-hybridized carbons (Fsp3) is 0.273. The van der Waals surface area contributed by atoms with Crippen molar-refractivity contribution >= 4 is 0 Å². The number of ether oxygens (including phenoxy) is 1. The number of nitrogens with two attached hydrogens (primary N) is 1. The van der Waals surface area contributed by atoms with Gasteiger partial charge in [0.15, 0.2) is 0 Å². The van der Waals surface area contributed by atoms with Gasteiger partial charge in [0.05, 0.1) is 19.2 Å². The Morgan fingerprint density at radius 2 is 2.24 bits per heavy atom. The highest BCUT2D eigenvalue weighted by Gasteiger charge is 2.16. The minimum Gasteiger partial charge on any atom is -0.508 e. The predicted octanol–water partition coefficient (Wildman–Crippen LogP) is 1.22. The van der Waals surface area contributed by atoms with Gasteiger partial charge in [-0.05, 0) is 18.6 Å². The maximum Gasteiger partial charge on any atom is 0.240 e. The molecule has 0 spiro atoms. The third-order valence-electron chi connectivity index (χ3n) is 2.37. The molecule has 6 nitrogen and oxygen atoms in total. The van der Waals surface area contributed by atoms with Crippen molar-refractivity contribution in [2.75, 3.05) is 7.11 Å². The normalized spacial score (nSPS) is 10.5. The van der Waals surface area contributed by atoms with Crippen molar-refractivity contribution < 1.29 is 14.4 Å². The highest BCUT2D eigenvalue weighted by atomic mass is 16.5. The molecule has 0 fully saturated rings. The van der Waals surface area contributed by atoms with Gasteiger partial charge >= 0.3 is 0 Å². The predicted molar refractivity (Wildman–Crippen MR) is 60.6 cm³/mol. The molecule has 0 bridgehead atoms. The first kappa shape index (κ1) is 11.4. The number of phenolic OH excluding ortho intramolecular Hbond substituents is 1. The van der Waals surface area contributed by atoms with Crippen LogP contribution in [-0.4, -0.2) is 22.4 Å². The number of phenols is 1. The standard InChI is InChI=1S/C11H13N3O3/c1-6-3-7(15)4-8(16-2)10(6)11-13-9(5-12)17-14-11/h3-4,15H,5,12H2,1-2H3. The maximum absolute atomic E-state index is 9.48. The fourth-order valence-corrected chi connectivity index (χ4v) is 1.62. The molecule has 1 heterocycles. The molecule has 17 heavy (non-hydrogen) atoms. The summed E-state index contributed by atoms with van der Waals surface area (Å²) >= 11 is 0. The van der Waals surface area contributed by atoms with E-state index >= 15 is 0 Å². The van der Waals surface area contributed by atoms with Crippen molar-refractivity contribution in [2.45, 2.75) is 13.5 Å². The number of benzene rings is 1. The summed E-state index contributed by atoms with van der Waals surface area (Å²) in [7, 11) is 1.52. The van der Waals surface area contributed by atoms with Gasteiger partial charge in [0.25, 0.3) is 0 Å². The zero-order valence-corrected chi connectivity index (χ0v) is 9.60. The van der Waals surface area contributed by atoms with Gasteiger partial charge < -0.3 is 20.1 Å². The number of methoxy groups -OCH3 is 1. The third-order valence-corrected chi connectivity index (χ3v) is 2.37. The molecule has 1 aromatic carbocycles. The molecule has 0 aliphatic carbocycles. The average molecular weight is 235 g/mol. The first-order valence-electron chi connectivity index (χ1n) is 5.06. The largest absolute Gasteiger partial charge is 0.508 e. The molecule has 6 heteroatoms. The minimum absolute atomic E-state index is 0.130. The van der Waals surface area contributed by atoms with E-state index in [-0.39, 0.29) is 12.3 Å². The highest BCUT2D eigenvalue weighted by Crippen LogP contribution is 2.34. The molecular weight excluding hydrogens is 222 g/mol. The van der Waals surface area contributed by atoms with Crippen LogP contribution in [0.4, 0.5) is 0 Å². The molecule has 2 aromatic rings. The molecule has 0 unspecified atom stereocenters. The van der Waals surface area contributed by atoms with E-state index in [1.807, 2.05) is 6.92 Å². The Labute approximate surface area is 98.0 Å². The Kier molecular flexibility index (Phi) is 2.97. The Morgan fingerprint density at radius 3 is 2.82 bits per heavy atom. The molecule has 3 N–H and O–H groups in total. The first-order chi connectivity index (χ1) is 8.15. The zero-order chi connectivity index (χ0) is 12.4. The number of hydrogen-bond acceptors (Lipinski definition) is 6. The Bertz CT molecular complexity index is 537. The summed E-state index contributed by atoms with van der Waals surface area (Å²) in [5.74, 6) is 1.38. The Hall–Kier alpha value is -2.08. The molecule has 0 atom stereocenters. The van der Waals surface area contributed by atoms with E-state index in [2.05, 4.69) is 10.1 Å². The summed E-state index contributed by atoms with van der Waals surface area (Å²) in [6.07, 6.45) is 0. The van der Waals surface area contributed by atoms with Crippen molar-refractivity contribution in [1.82, 2.24) is 10.1 Å². The van der Waals surface area contributed by atoms with E-state index in [9.17, 15) is 5.11 Å². The SMILES string of the molecule is COc1cc(O)cc(C)c1-c1noc(CN)n1. The van der Waals surface area contributed by atoms with Crippen molar-refractivity contribution in [3.63, 3.8) is 0 Å². The second-order valence-electron chi connectivity index (χ2n) is 3.56. The molecule has 0 aliphatic heterocycles. The fourth-order valence-electron chi connectivity index (χ4n) is 1.62. The van der Waals surface area contributed by atoms with Crippen LogP contribution in [0, 0.1) is 6.92 Å². The van der Waals surface area contributed by atoms with Crippen LogP contribution in [0.1, 0.15) is 11.5 Å². The van der Waals surface area contributed by atoms with Crippen LogP contribution in [-0.2, 0) is 6.54 Å². The smallest absolute Gasteiger partial charge is 0.240 e. The van der Waals surface area contributed by atoms with Crippen LogP contribution in [0.3, 0.4) is 0 Å². The number of aromatic nitrogens is 2. The number of nitrogens with zero attached hydrogens (tertiary/aromatic N) is 2. The van der Waals surface area contributed by atoms with E-state index in [0.717, 1.165) is 5.56 Å². The number of hydrogen-bond donors (Lipinski definition) is 2. The Morgan fingerprint density at radius 1 is 1.47 bits per heavy atom. The second-order valence-corrected chi connectivity index (χ2v) is 3.56. The van der Waals surface area contributed by atoms with Crippen LogP contribution >= 0.6 is 0 Å². The zero-order valence-electron chi connectivity index (χ0n) is 9.60. The van der Waals surface area contributed by atoms with Crippen LogP contribution in [0.25, 0.3) is 11.4 Å². The van der Waals surface area contributed by atoms with Gasteiger partial charge in [0, 0.05) is 6.07 Å². The molecule has 0 saturated carbocycles. The average Bonchev–Trinajstić information content (AvgIpc) is 2.76. The maximum atomic E-state index is 9.48. The Balaban J connectivity index is 2.57. The molecular formula is C11H13N3O3. The lowest BCUT2D eigenvalue weighted by Gasteiger charge is -2.08. The van der Waals surface area contributed by atoms with Crippen LogP contribution in [0.15, 0.2) is 16.7 Å². The van der Waals surface area contributed by atoms with Crippen molar-refractivity contribution in [3.8, 4) is 22.9 Å². The van der Waals surface area contributed by atoms with Crippen molar-refractivity contribution in [2.24, 2.45) is 5.73 Å². The lowest BCUT2D eigenvalue weighted by atomic mass is 10.1. The summed E-state index contributed by atoms with van der Waals surface area (Å²) in [6, 6.07) is 3.11. The molecule has 0 aliphatic rings. The van der Waals surface area contributed by atoms with Crippen LogP contribution in [0.2, 0.25) is 0 Å². The van der Waals surface area contributed by atoms with Gasteiger partial charge in [-0.15, -0.1) is 0 Å². The van der Waals surface area contributed by atoms with E-state index < -0.39 is 0 Å². The lowest BCUT2D eigenvalue weighted by molar-refractivity contribution is 0.379. The van der Waals surface area contributed by atoms with Crippen LogP contribution < -0.4 is 10.5 Å². The van der Waals surface area contributed by atoms with Gasteiger partial charge in [0.2, 0.25) is 11.7 Å². The van der Waals surface area contributed by atoms with E-state index in [4.69, 9.17) is 15.0 Å². The lowest BCUT2D eigenvalue weighted by Crippen LogP contribution is -1.96. The monoisotopic (exact) mass is 235 g/mol. The molecule has 2 rings (SSSR count). The van der Waals surface area contributed by atoms with Crippen molar-refractivity contribution in [1.29, 1.82) is 0 Å². The number of aromatic hydroxyl groups is 1. The van der Waals surface area contributed by atoms with Crippen LogP contribution in [0.5, 0.6) is 11.5 Å². The topological polar surface area (TPSA) is 94.4 Å². The van der Waals surface area contributed by atoms with E-state index in [1.54, 1.807) is 6.07 Å². The molecule has 90 valence electrons. The number of aryl methyl sites for hydroxylation is 1. The summed E-state index contributed by atoms with van der Waals surface area (Å²) < 4.78 is 10.1. The van der Waals surface area contributed by atoms with Gasteiger partial charge in [-0.1, -0.05) is 5.16 Å². The summed E-state index contributed by atoms with van der Waals surface area (Å²) in [5, 5.41) is 13.3. The van der Waals surface area contributed by atoms with E-state index in [1.165, 1.54) is 13.2 Å². The molecule has 1 aromatic heterocycles. The first-order valence-corrected chi connectivity index (χ1v) is 5.06. The summed E-state index contributed by atoms with van der Waals surface area (Å²) in [4.78, 5) is 4.13. The summed E-state index contributed by atoms with van der Waals surface area (Å²) in [6.45, 7) is 2.02. The van der Waals surface area contributed by atoms with Gasteiger partial charge in [-0.2, -0.15) is 4.98 Å². The highest BCUT2D eigenvalue weighted by molar-refractivity contribution is 5.69. The summed E-state index contributed by atoms with van der Waals surface area (Å²) in [5.41, 5.74) is 6.89. The van der Waals surface area contributed by atoms with Crippen molar-refractivity contribution in [3.05, 3.63) is 23.6 Å². The van der Waals surface area contributed by atoms with Gasteiger partial charge in [-0.25, -0.2) is 0 Å². The van der Waals surface area contributed by atoms with Gasteiger partial charge in [-0.3, -0.25) is 0 Å². The number of rotatable bonds is 3. The van der Waals surface area contributed by atoms with Gasteiger partial charge in [0.1, 0.15) is 11.5 Å². The third kappa shape index (κ3) is 2.07. The quantitative estimate of drug-likeness (QED) is 0.830. The molecule has 0 radical (unpaired) electrons. The molecule has 0 amide bonds. The van der Waals surface area contributed by atoms with E-state index in [0.29, 0.717) is 23.0 Å².